The van der Waals surface area contributed by atoms with E-state index in [1.165, 1.54) is 37.7 Å². The van der Waals surface area contributed by atoms with Gasteiger partial charge in [0.15, 0.2) is 0 Å². The van der Waals surface area contributed by atoms with Gasteiger partial charge in [0, 0.05) is 22.9 Å². The quantitative estimate of drug-likeness (QED) is 0.836. The summed E-state index contributed by atoms with van der Waals surface area (Å²) < 4.78 is 3.38. The molecular weight excluding hydrogens is 314 g/mol. The summed E-state index contributed by atoms with van der Waals surface area (Å²) in [6, 6.07) is 6.93. The molecule has 0 aliphatic heterocycles. The van der Waals surface area contributed by atoms with Crippen LogP contribution in [0.1, 0.15) is 43.7 Å². The van der Waals surface area contributed by atoms with Crippen LogP contribution in [0, 0.1) is 6.92 Å². The number of hydrogen-bond acceptors (Lipinski definition) is 2. The molecule has 0 unspecified atom stereocenters. The lowest BCUT2D eigenvalue weighted by atomic mass is 9.95. The third-order valence-electron chi connectivity index (χ3n) is 4.01. The van der Waals surface area contributed by atoms with E-state index in [2.05, 4.69) is 62.1 Å². The maximum Gasteiger partial charge on any atom is 0.207 e. The number of halogens is 1. The Labute approximate surface area is 128 Å². The van der Waals surface area contributed by atoms with Crippen LogP contribution in [0.15, 0.2) is 35.1 Å². The average molecular weight is 334 g/mol. The fourth-order valence-corrected chi connectivity index (χ4v) is 3.50. The molecule has 0 amide bonds. The molecule has 1 heterocycles. The van der Waals surface area contributed by atoms with Crippen molar-refractivity contribution in [3.63, 3.8) is 0 Å². The lowest BCUT2D eigenvalue weighted by Crippen LogP contribution is -2.14. The third-order valence-corrected chi connectivity index (χ3v) is 4.66. The smallest absolute Gasteiger partial charge is 0.207 e. The van der Waals surface area contributed by atoms with Crippen LogP contribution in [0.3, 0.4) is 0 Å². The topological polar surface area (TPSA) is 29.9 Å². The minimum Gasteiger partial charge on any atom is -0.325 e. The lowest BCUT2D eigenvalue weighted by Gasteiger charge is -2.25. The van der Waals surface area contributed by atoms with Gasteiger partial charge in [-0.05, 0) is 53.4 Å². The van der Waals surface area contributed by atoms with E-state index in [9.17, 15) is 0 Å². The molecule has 0 atom stereocenters. The van der Waals surface area contributed by atoms with E-state index in [1.54, 1.807) is 0 Å². The van der Waals surface area contributed by atoms with Gasteiger partial charge in [0.25, 0.3) is 0 Å². The van der Waals surface area contributed by atoms with Gasteiger partial charge in [0.1, 0.15) is 0 Å². The summed E-state index contributed by atoms with van der Waals surface area (Å²) in [4.78, 5) is 4.48. The van der Waals surface area contributed by atoms with Gasteiger partial charge in [0.05, 0.1) is 5.69 Å². The molecule has 3 rings (SSSR count). The van der Waals surface area contributed by atoms with Crippen molar-refractivity contribution in [2.45, 2.75) is 45.1 Å². The number of aromatic nitrogens is 2. The first-order chi connectivity index (χ1) is 9.74. The fraction of sp³-hybridized carbons (Fsp3) is 0.438. The number of anilines is 2. The molecule has 1 aliphatic rings. The fourth-order valence-electron chi connectivity index (χ4n) is 2.91. The Kier molecular flexibility index (Phi) is 4.10. The van der Waals surface area contributed by atoms with Gasteiger partial charge in [-0.3, -0.25) is 0 Å². The molecule has 0 saturated heterocycles. The van der Waals surface area contributed by atoms with Gasteiger partial charge in [-0.15, -0.1) is 0 Å². The van der Waals surface area contributed by atoms with E-state index in [0.29, 0.717) is 6.04 Å². The first-order valence-corrected chi connectivity index (χ1v) is 8.09. The van der Waals surface area contributed by atoms with Crippen molar-refractivity contribution in [2.75, 3.05) is 5.32 Å². The van der Waals surface area contributed by atoms with Gasteiger partial charge >= 0.3 is 0 Å². The molecule has 1 saturated carbocycles. The zero-order chi connectivity index (χ0) is 13.9. The standard InChI is InChI=1S/C16H20BrN3/c1-12-7-8-15(14(17)11-12)19-16-18-9-10-20(16)13-5-3-2-4-6-13/h7-11,13H,2-6H2,1H3,(H,18,19). The summed E-state index contributed by atoms with van der Waals surface area (Å²) in [5, 5.41) is 3.45. The van der Waals surface area contributed by atoms with Crippen molar-refractivity contribution >= 4 is 27.6 Å². The molecule has 0 radical (unpaired) electrons. The first kappa shape index (κ1) is 13.7. The first-order valence-electron chi connectivity index (χ1n) is 7.30. The number of nitrogens with zero attached hydrogens (tertiary/aromatic N) is 2. The molecule has 1 aromatic heterocycles. The van der Waals surface area contributed by atoms with Gasteiger partial charge < -0.3 is 9.88 Å². The number of hydrogen-bond donors (Lipinski definition) is 1. The molecule has 1 fully saturated rings. The SMILES string of the molecule is Cc1ccc(Nc2nccn2C2CCCCC2)c(Br)c1. The normalized spacial score (nSPS) is 16.3. The third kappa shape index (κ3) is 2.90. The van der Waals surface area contributed by atoms with Crippen molar-refractivity contribution in [1.82, 2.24) is 9.55 Å². The summed E-state index contributed by atoms with van der Waals surface area (Å²) in [5.41, 5.74) is 2.32. The molecule has 1 N–H and O–H groups in total. The van der Waals surface area contributed by atoms with Crippen LogP contribution in [0.25, 0.3) is 0 Å². The molecule has 20 heavy (non-hydrogen) atoms. The van der Waals surface area contributed by atoms with Crippen molar-refractivity contribution in [3.05, 3.63) is 40.6 Å². The van der Waals surface area contributed by atoms with Crippen molar-refractivity contribution < 1.29 is 0 Å². The van der Waals surface area contributed by atoms with E-state index in [1.807, 2.05) is 6.20 Å². The van der Waals surface area contributed by atoms with Crippen LogP contribution >= 0.6 is 15.9 Å². The predicted octanol–water partition coefficient (Wildman–Crippen LogP) is 5.20. The second kappa shape index (κ2) is 6.00. The second-order valence-electron chi connectivity index (χ2n) is 5.56. The molecular formula is C16H20BrN3. The van der Waals surface area contributed by atoms with E-state index in [0.717, 1.165) is 16.1 Å². The Morgan fingerprint density at radius 2 is 2.05 bits per heavy atom. The number of rotatable bonds is 3. The van der Waals surface area contributed by atoms with E-state index in [-0.39, 0.29) is 0 Å². The molecule has 3 nitrogen and oxygen atoms in total. The zero-order valence-electron chi connectivity index (χ0n) is 11.8. The van der Waals surface area contributed by atoms with Crippen LogP contribution in [-0.2, 0) is 0 Å². The highest BCUT2D eigenvalue weighted by molar-refractivity contribution is 9.10. The maximum atomic E-state index is 4.48. The Hall–Kier alpha value is -1.29. The van der Waals surface area contributed by atoms with Crippen LogP contribution in [-0.4, -0.2) is 9.55 Å². The second-order valence-corrected chi connectivity index (χ2v) is 6.41. The molecule has 1 aromatic carbocycles. The van der Waals surface area contributed by atoms with Gasteiger partial charge in [-0.1, -0.05) is 25.3 Å². The molecule has 2 aromatic rings. The van der Waals surface area contributed by atoms with Gasteiger partial charge in [-0.25, -0.2) is 4.98 Å². The van der Waals surface area contributed by atoms with E-state index >= 15 is 0 Å². The highest BCUT2D eigenvalue weighted by Gasteiger charge is 2.18. The number of aryl methyl sites for hydroxylation is 1. The Balaban J connectivity index is 1.82. The lowest BCUT2D eigenvalue weighted by molar-refractivity contribution is 0.356. The summed E-state index contributed by atoms with van der Waals surface area (Å²) >= 11 is 3.61. The van der Waals surface area contributed by atoms with Crippen molar-refractivity contribution in [1.29, 1.82) is 0 Å². The van der Waals surface area contributed by atoms with Crippen LogP contribution < -0.4 is 5.32 Å². The van der Waals surface area contributed by atoms with Gasteiger partial charge in [0.2, 0.25) is 5.95 Å². The predicted molar refractivity (Wildman–Crippen MR) is 86.5 cm³/mol. The molecule has 1 aliphatic carbocycles. The summed E-state index contributed by atoms with van der Waals surface area (Å²) in [6.45, 7) is 2.09. The van der Waals surface area contributed by atoms with Gasteiger partial charge in [-0.2, -0.15) is 0 Å². The largest absolute Gasteiger partial charge is 0.325 e. The molecule has 0 bridgehead atoms. The summed E-state index contributed by atoms with van der Waals surface area (Å²) in [5.74, 6) is 0.946. The number of benzene rings is 1. The van der Waals surface area contributed by atoms with Crippen LogP contribution in [0.5, 0.6) is 0 Å². The van der Waals surface area contributed by atoms with Crippen LogP contribution in [0.2, 0.25) is 0 Å². The minimum absolute atomic E-state index is 0.595. The highest BCUT2D eigenvalue weighted by Crippen LogP contribution is 2.32. The highest BCUT2D eigenvalue weighted by atomic mass is 79.9. The van der Waals surface area contributed by atoms with Crippen molar-refractivity contribution in [2.24, 2.45) is 0 Å². The number of nitrogens with one attached hydrogen (secondary N) is 1. The average Bonchev–Trinajstić information content (AvgIpc) is 2.91. The maximum absolute atomic E-state index is 4.48. The molecule has 4 heteroatoms. The minimum atomic E-state index is 0.595. The molecule has 106 valence electrons. The van der Waals surface area contributed by atoms with E-state index in [4.69, 9.17) is 0 Å². The van der Waals surface area contributed by atoms with Crippen LogP contribution in [0.4, 0.5) is 11.6 Å². The Bertz CT molecular complexity index is 585. The number of imidazole rings is 1. The summed E-state index contributed by atoms with van der Waals surface area (Å²) in [7, 11) is 0. The Morgan fingerprint density at radius 1 is 1.25 bits per heavy atom. The summed E-state index contributed by atoms with van der Waals surface area (Å²) in [6.07, 6.45) is 10.5. The molecule has 0 spiro atoms. The van der Waals surface area contributed by atoms with E-state index < -0.39 is 0 Å². The zero-order valence-corrected chi connectivity index (χ0v) is 13.4. The monoisotopic (exact) mass is 333 g/mol. The Morgan fingerprint density at radius 3 is 2.80 bits per heavy atom. The van der Waals surface area contributed by atoms with Crippen molar-refractivity contribution in [3.8, 4) is 0 Å².